The minimum Gasteiger partial charge on any atom is -0.370 e. The topological polar surface area (TPSA) is 78.3 Å². The molecule has 1 atom stereocenters. The Morgan fingerprint density at radius 1 is 1.74 bits per heavy atom. The number of nitrogens with zero attached hydrogens (tertiary/aromatic N) is 3. The molecule has 1 amide bonds. The molecule has 100 valence electrons. The van der Waals surface area contributed by atoms with Gasteiger partial charge in [0, 0.05) is 24.8 Å². The number of rotatable bonds is 3. The molecule has 1 aromatic rings. The number of carbonyl (C=O) groups excluding carboxylic acids is 1. The Kier molecular flexibility index (Phi) is 4.31. The maximum absolute atomic E-state index is 12.3. The molecule has 6 heteroatoms. The predicted molar refractivity (Wildman–Crippen MR) is 69.7 cm³/mol. The first kappa shape index (κ1) is 13.3. The van der Waals surface area contributed by atoms with E-state index in [0.717, 1.165) is 6.54 Å². The van der Waals surface area contributed by atoms with E-state index in [9.17, 15) is 4.79 Å². The molecule has 1 N–H and O–H groups in total. The number of carbonyl (C=O) groups is 1. The van der Waals surface area contributed by atoms with Crippen LogP contribution in [0.4, 0.5) is 5.82 Å². The van der Waals surface area contributed by atoms with E-state index in [2.05, 4.69) is 10.3 Å². The molecule has 0 aliphatic carbocycles. The number of hydrogen-bond acceptors (Lipinski definition) is 5. The van der Waals surface area contributed by atoms with Gasteiger partial charge in [0.05, 0.1) is 19.2 Å². The van der Waals surface area contributed by atoms with Crippen molar-refractivity contribution in [2.24, 2.45) is 0 Å². The van der Waals surface area contributed by atoms with Crippen molar-refractivity contribution < 1.29 is 9.53 Å². The molecule has 1 aromatic heterocycles. The lowest BCUT2D eigenvalue weighted by molar-refractivity contribution is 0.00346. The molecule has 0 spiro atoms. The van der Waals surface area contributed by atoms with Crippen molar-refractivity contribution in [1.29, 1.82) is 5.26 Å². The van der Waals surface area contributed by atoms with Gasteiger partial charge >= 0.3 is 0 Å². The second-order valence-electron chi connectivity index (χ2n) is 4.20. The van der Waals surface area contributed by atoms with Gasteiger partial charge in [0.15, 0.2) is 6.10 Å². The molecule has 2 heterocycles. The highest BCUT2D eigenvalue weighted by Crippen LogP contribution is 2.12. The summed E-state index contributed by atoms with van der Waals surface area (Å²) < 4.78 is 5.23. The van der Waals surface area contributed by atoms with E-state index in [0.29, 0.717) is 31.1 Å². The number of nitriles is 1. The average Bonchev–Trinajstić information content (AvgIpc) is 2.47. The Morgan fingerprint density at radius 3 is 3.32 bits per heavy atom. The van der Waals surface area contributed by atoms with Gasteiger partial charge in [-0.3, -0.25) is 4.79 Å². The SMILES string of the molecule is CCNc1cc(C(=O)N2CCOC(C#N)C2)ccn1. The smallest absolute Gasteiger partial charge is 0.254 e. The van der Waals surface area contributed by atoms with Gasteiger partial charge in [0.1, 0.15) is 5.82 Å². The molecule has 19 heavy (non-hydrogen) atoms. The lowest BCUT2D eigenvalue weighted by Crippen LogP contribution is -2.45. The third-order valence-corrected chi connectivity index (χ3v) is 2.86. The fraction of sp³-hybridized carbons (Fsp3) is 0.462. The Hall–Kier alpha value is -2.13. The van der Waals surface area contributed by atoms with E-state index in [1.165, 1.54) is 0 Å². The fourth-order valence-electron chi connectivity index (χ4n) is 1.94. The molecule has 1 aliphatic heterocycles. The number of hydrogen-bond donors (Lipinski definition) is 1. The van der Waals surface area contributed by atoms with Crippen molar-refractivity contribution >= 4 is 11.7 Å². The summed E-state index contributed by atoms with van der Waals surface area (Å²) in [6.45, 7) is 3.94. The Balaban J connectivity index is 2.10. The van der Waals surface area contributed by atoms with Crippen LogP contribution in [0.25, 0.3) is 0 Å². The van der Waals surface area contributed by atoms with Crippen molar-refractivity contribution in [2.45, 2.75) is 13.0 Å². The summed E-state index contributed by atoms with van der Waals surface area (Å²) in [7, 11) is 0. The molecule has 1 fully saturated rings. The first-order chi connectivity index (χ1) is 9.24. The quantitative estimate of drug-likeness (QED) is 0.872. The summed E-state index contributed by atoms with van der Waals surface area (Å²) in [6.07, 6.45) is 1.07. The third kappa shape index (κ3) is 3.20. The van der Waals surface area contributed by atoms with E-state index >= 15 is 0 Å². The van der Waals surface area contributed by atoms with Gasteiger partial charge in [-0.05, 0) is 19.1 Å². The Labute approximate surface area is 112 Å². The predicted octanol–water partition coefficient (Wildman–Crippen LogP) is 0.878. The molecule has 0 saturated carbocycles. The van der Waals surface area contributed by atoms with Gasteiger partial charge in [-0.25, -0.2) is 4.98 Å². The Morgan fingerprint density at radius 2 is 2.58 bits per heavy atom. The van der Waals surface area contributed by atoms with Gasteiger partial charge in [0.25, 0.3) is 5.91 Å². The van der Waals surface area contributed by atoms with Crippen molar-refractivity contribution in [3.8, 4) is 6.07 Å². The van der Waals surface area contributed by atoms with Crippen LogP contribution >= 0.6 is 0 Å². The summed E-state index contributed by atoms with van der Waals surface area (Å²) in [5, 5.41) is 11.9. The number of pyridine rings is 1. The summed E-state index contributed by atoms with van der Waals surface area (Å²) in [6, 6.07) is 5.44. The highest BCUT2D eigenvalue weighted by Gasteiger charge is 2.24. The third-order valence-electron chi connectivity index (χ3n) is 2.86. The molecular weight excluding hydrogens is 244 g/mol. The van der Waals surface area contributed by atoms with E-state index in [1.54, 1.807) is 23.2 Å². The van der Waals surface area contributed by atoms with Crippen molar-refractivity contribution in [1.82, 2.24) is 9.88 Å². The molecule has 0 aromatic carbocycles. The molecule has 1 saturated heterocycles. The van der Waals surface area contributed by atoms with Crippen LogP contribution in [0.3, 0.4) is 0 Å². The van der Waals surface area contributed by atoms with Crippen LogP contribution in [0.15, 0.2) is 18.3 Å². The Bertz CT molecular complexity index is 498. The number of anilines is 1. The van der Waals surface area contributed by atoms with Crippen molar-refractivity contribution in [3.05, 3.63) is 23.9 Å². The maximum Gasteiger partial charge on any atom is 0.254 e. The fourth-order valence-corrected chi connectivity index (χ4v) is 1.94. The van der Waals surface area contributed by atoms with E-state index in [1.807, 2.05) is 13.0 Å². The van der Waals surface area contributed by atoms with Gasteiger partial charge in [0.2, 0.25) is 0 Å². The van der Waals surface area contributed by atoms with E-state index < -0.39 is 6.10 Å². The second kappa shape index (κ2) is 6.16. The van der Waals surface area contributed by atoms with Crippen LogP contribution in [0.5, 0.6) is 0 Å². The molecular formula is C13H16N4O2. The lowest BCUT2D eigenvalue weighted by Gasteiger charge is -2.29. The van der Waals surface area contributed by atoms with Crippen LogP contribution < -0.4 is 5.32 Å². The standard InChI is InChI=1S/C13H16N4O2/c1-2-15-12-7-10(3-4-16-12)13(18)17-5-6-19-11(8-14)9-17/h3-4,7,11H,2,5-6,9H2,1H3,(H,15,16). The molecule has 1 aliphatic rings. The number of ether oxygens (including phenoxy) is 1. The monoisotopic (exact) mass is 260 g/mol. The van der Waals surface area contributed by atoms with Gasteiger partial charge in [-0.2, -0.15) is 5.26 Å². The second-order valence-corrected chi connectivity index (χ2v) is 4.20. The first-order valence-electron chi connectivity index (χ1n) is 6.25. The van der Waals surface area contributed by atoms with Crippen LogP contribution in [0, 0.1) is 11.3 Å². The number of morpholine rings is 1. The minimum absolute atomic E-state index is 0.0925. The normalized spacial score (nSPS) is 18.7. The minimum atomic E-state index is -0.534. The van der Waals surface area contributed by atoms with Gasteiger partial charge < -0.3 is 15.0 Å². The highest BCUT2D eigenvalue weighted by atomic mass is 16.5. The zero-order valence-corrected chi connectivity index (χ0v) is 10.8. The molecule has 1 unspecified atom stereocenters. The summed E-state index contributed by atoms with van der Waals surface area (Å²) in [5.41, 5.74) is 0.574. The van der Waals surface area contributed by atoms with Gasteiger partial charge in [-0.15, -0.1) is 0 Å². The summed E-state index contributed by atoms with van der Waals surface area (Å²) >= 11 is 0. The largest absolute Gasteiger partial charge is 0.370 e. The van der Waals surface area contributed by atoms with Crippen molar-refractivity contribution in [3.63, 3.8) is 0 Å². The van der Waals surface area contributed by atoms with Crippen LogP contribution in [-0.2, 0) is 4.74 Å². The zero-order valence-electron chi connectivity index (χ0n) is 10.8. The van der Waals surface area contributed by atoms with Crippen molar-refractivity contribution in [2.75, 3.05) is 31.6 Å². The number of amides is 1. The molecule has 6 nitrogen and oxygen atoms in total. The average molecular weight is 260 g/mol. The first-order valence-corrected chi connectivity index (χ1v) is 6.25. The number of nitrogens with one attached hydrogen (secondary N) is 1. The van der Waals surface area contributed by atoms with Gasteiger partial charge in [-0.1, -0.05) is 0 Å². The summed E-state index contributed by atoms with van der Waals surface area (Å²) in [5.74, 6) is 0.587. The summed E-state index contributed by atoms with van der Waals surface area (Å²) in [4.78, 5) is 18.1. The molecule has 0 radical (unpaired) electrons. The van der Waals surface area contributed by atoms with Crippen LogP contribution in [0.1, 0.15) is 17.3 Å². The van der Waals surface area contributed by atoms with Crippen LogP contribution in [-0.4, -0.2) is 48.1 Å². The van der Waals surface area contributed by atoms with E-state index in [-0.39, 0.29) is 5.91 Å². The maximum atomic E-state index is 12.3. The lowest BCUT2D eigenvalue weighted by atomic mass is 10.2. The van der Waals surface area contributed by atoms with Crippen LogP contribution in [0.2, 0.25) is 0 Å². The number of aromatic nitrogens is 1. The molecule has 0 bridgehead atoms. The highest BCUT2D eigenvalue weighted by molar-refractivity contribution is 5.94. The molecule has 2 rings (SSSR count). The van der Waals surface area contributed by atoms with E-state index in [4.69, 9.17) is 10.00 Å². The zero-order chi connectivity index (χ0) is 13.7.